The highest BCUT2D eigenvalue weighted by Gasteiger charge is 2.12. The summed E-state index contributed by atoms with van der Waals surface area (Å²) in [5.41, 5.74) is 3.23. The van der Waals surface area contributed by atoms with E-state index < -0.39 is 0 Å². The summed E-state index contributed by atoms with van der Waals surface area (Å²) >= 11 is 1.65. The number of ketones is 1. The van der Waals surface area contributed by atoms with Gasteiger partial charge in [-0.3, -0.25) is 4.79 Å². The van der Waals surface area contributed by atoms with Crippen molar-refractivity contribution in [3.8, 4) is 5.75 Å². The van der Waals surface area contributed by atoms with Crippen LogP contribution in [-0.4, -0.2) is 18.1 Å². The third-order valence-electron chi connectivity index (χ3n) is 3.24. The smallest absolute Gasteiger partial charge is 0.176 e. The molecule has 0 radical (unpaired) electrons. The molecule has 0 saturated carbocycles. The van der Waals surface area contributed by atoms with E-state index in [0.717, 1.165) is 5.75 Å². The molecular weight excluding hydrogens is 280 g/mol. The normalized spacial score (nSPS) is 10.4. The van der Waals surface area contributed by atoms with Crippen LogP contribution < -0.4 is 4.74 Å². The predicted octanol–water partition coefficient (Wildman–Crippen LogP) is 4.51. The molecule has 2 aromatic rings. The van der Waals surface area contributed by atoms with E-state index in [1.807, 2.05) is 43.3 Å². The molecular formula is C18H20O2S. The SMILES string of the molecule is CCOc1ccccc1C(=O)CSCc1ccccc1C. The molecule has 0 fully saturated rings. The molecule has 3 heteroatoms. The van der Waals surface area contributed by atoms with Gasteiger partial charge in [-0.2, -0.15) is 0 Å². The monoisotopic (exact) mass is 300 g/mol. The zero-order valence-corrected chi connectivity index (χ0v) is 13.3. The van der Waals surface area contributed by atoms with Crippen LogP contribution in [-0.2, 0) is 5.75 Å². The van der Waals surface area contributed by atoms with Crippen molar-refractivity contribution in [3.05, 3.63) is 65.2 Å². The number of carbonyl (C=O) groups excluding carboxylic acids is 1. The van der Waals surface area contributed by atoms with Gasteiger partial charge >= 0.3 is 0 Å². The van der Waals surface area contributed by atoms with Crippen molar-refractivity contribution < 1.29 is 9.53 Å². The molecule has 110 valence electrons. The predicted molar refractivity (Wildman–Crippen MR) is 89.3 cm³/mol. The lowest BCUT2D eigenvalue weighted by atomic mass is 10.1. The number of carbonyl (C=O) groups is 1. The summed E-state index contributed by atoms with van der Waals surface area (Å²) in [5.74, 6) is 2.13. The number of ether oxygens (including phenoxy) is 1. The Bertz CT molecular complexity index is 608. The summed E-state index contributed by atoms with van der Waals surface area (Å²) in [6, 6.07) is 15.7. The minimum absolute atomic E-state index is 0.123. The maximum absolute atomic E-state index is 12.3. The highest BCUT2D eigenvalue weighted by molar-refractivity contribution is 7.99. The van der Waals surface area contributed by atoms with Crippen LogP contribution in [0.1, 0.15) is 28.4 Å². The van der Waals surface area contributed by atoms with Crippen LogP contribution in [0.3, 0.4) is 0 Å². The Morgan fingerprint density at radius 1 is 1.10 bits per heavy atom. The molecule has 0 aliphatic carbocycles. The lowest BCUT2D eigenvalue weighted by Gasteiger charge is -2.09. The maximum atomic E-state index is 12.3. The summed E-state index contributed by atoms with van der Waals surface area (Å²) in [5, 5.41) is 0. The summed E-state index contributed by atoms with van der Waals surface area (Å²) in [7, 11) is 0. The lowest BCUT2D eigenvalue weighted by Crippen LogP contribution is -2.06. The Morgan fingerprint density at radius 2 is 1.81 bits per heavy atom. The molecule has 0 spiro atoms. The molecule has 0 N–H and O–H groups in total. The van der Waals surface area contributed by atoms with Gasteiger partial charge in [0.2, 0.25) is 0 Å². The number of Topliss-reactive ketones (excluding diaryl/α,β-unsaturated/α-hetero) is 1. The second-order valence-corrected chi connectivity index (χ2v) is 5.76. The first-order valence-corrected chi connectivity index (χ1v) is 8.25. The van der Waals surface area contributed by atoms with Gasteiger partial charge in [-0.15, -0.1) is 11.8 Å². The molecule has 0 amide bonds. The molecule has 0 unspecified atom stereocenters. The van der Waals surface area contributed by atoms with Crippen molar-refractivity contribution in [1.29, 1.82) is 0 Å². The fraction of sp³-hybridized carbons (Fsp3) is 0.278. The Balaban J connectivity index is 1.95. The van der Waals surface area contributed by atoms with Crippen LogP contribution in [0.2, 0.25) is 0 Å². The van der Waals surface area contributed by atoms with E-state index in [1.54, 1.807) is 11.8 Å². The van der Waals surface area contributed by atoms with Gasteiger partial charge in [0.05, 0.1) is 17.9 Å². The van der Waals surface area contributed by atoms with Crippen LogP contribution in [0.25, 0.3) is 0 Å². The molecule has 2 aromatic carbocycles. The molecule has 0 aromatic heterocycles. The van der Waals surface area contributed by atoms with Crippen molar-refractivity contribution in [2.24, 2.45) is 0 Å². The van der Waals surface area contributed by atoms with E-state index in [2.05, 4.69) is 19.1 Å². The van der Waals surface area contributed by atoms with E-state index in [-0.39, 0.29) is 5.78 Å². The quantitative estimate of drug-likeness (QED) is 0.704. The van der Waals surface area contributed by atoms with Crippen LogP contribution in [0.5, 0.6) is 5.75 Å². The molecule has 0 saturated heterocycles. The van der Waals surface area contributed by atoms with Gasteiger partial charge in [-0.25, -0.2) is 0 Å². The van der Waals surface area contributed by atoms with E-state index in [1.165, 1.54) is 11.1 Å². The molecule has 0 aliphatic rings. The number of para-hydroxylation sites is 1. The third kappa shape index (κ3) is 4.36. The van der Waals surface area contributed by atoms with Gasteiger partial charge in [0, 0.05) is 5.75 Å². The zero-order chi connectivity index (χ0) is 15.1. The number of rotatable bonds is 7. The van der Waals surface area contributed by atoms with Gasteiger partial charge in [-0.05, 0) is 37.1 Å². The number of hydrogen-bond donors (Lipinski definition) is 0. The Kier molecular flexibility index (Phi) is 5.88. The summed E-state index contributed by atoms with van der Waals surface area (Å²) < 4.78 is 5.51. The Labute approximate surface area is 130 Å². The number of aryl methyl sites for hydroxylation is 1. The highest BCUT2D eigenvalue weighted by Crippen LogP contribution is 2.22. The Hall–Kier alpha value is -1.74. The minimum atomic E-state index is 0.123. The van der Waals surface area contributed by atoms with Gasteiger partial charge in [0.1, 0.15) is 5.75 Å². The topological polar surface area (TPSA) is 26.3 Å². The lowest BCUT2D eigenvalue weighted by molar-refractivity contribution is 0.101. The van der Waals surface area contributed by atoms with Crippen LogP contribution >= 0.6 is 11.8 Å². The largest absolute Gasteiger partial charge is 0.493 e. The molecule has 2 nitrogen and oxygen atoms in total. The second kappa shape index (κ2) is 7.89. The first kappa shape index (κ1) is 15.6. The molecule has 0 atom stereocenters. The molecule has 21 heavy (non-hydrogen) atoms. The third-order valence-corrected chi connectivity index (χ3v) is 4.22. The zero-order valence-electron chi connectivity index (χ0n) is 12.5. The van der Waals surface area contributed by atoms with Gasteiger partial charge in [0.15, 0.2) is 5.78 Å². The van der Waals surface area contributed by atoms with E-state index >= 15 is 0 Å². The maximum Gasteiger partial charge on any atom is 0.176 e. The van der Waals surface area contributed by atoms with Crippen molar-refractivity contribution >= 4 is 17.5 Å². The van der Waals surface area contributed by atoms with E-state index in [4.69, 9.17) is 4.74 Å². The van der Waals surface area contributed by atoms with Crippen molar-refractivity contribution in [3.63, 3.8) is 0 Å². The van der Waals surface area contributed by atoms with Crippen molar-refractivity contribution in [2.75, 3.05) is 12.4 Å². The number of benzene rings is 2. The number of hydrogen-bond acceptors (Lipinski definition) is 3. The van der Waals surface area contributed by atoms with Crippen molar-refractivity contribution in [2.45, 2.75) is 19.6 Å². The van der Waals surface area contributed by atoms with Crippen LogP contribution in [0.15, 0.2) is 48.5 Å². The second-order valence-electron chi connectivity index (χ2n) is 4.77. The Morgan fingerprint density at radius 3 is 2.57 bits per heavy atom. The first-order valence-electron chi connectivity index (χ1n) is 7.09. The van der Waals surface area contributed by atoms with Crippen LogP contribution in [0, 0.1) is 6.92 Å². The van der Waals surface area contributed by atoms with Gasteiger partial charge < -0.3 is 4.74 Å². The minimum Gasteiger partial charge on any atom is -0.493 e. The molecule has 0 bridgehead atoms. The summed E-state index contributed by atoms with van der Waals surface area (Å²) in [6.45, 7) is 4.59. The van der Waals surface area contributed by atoms with Crippen LogP contribution in [0.4, 0.5) is 0 Å². The molecule has 0 aliphatic heterocycles. The van der Waals surface area contributed by atoms with E-state index in [9.17, 15) is 4.79 Å². The molecule has 2 rings (SSSR count). The van der Waals surface area contributed by atoms with Crippen molar-refractivity contribution in [1.82, 2.24) is 0 Å². The van der Waals surface area contributed by atoms with Gasteiger partial charge in [-0.1, -0.05) is 36.4 Å². The highest BCUT2D eigenvalue weighted by atomic mass is 32.2. The van der Waals surface area contributed by atoms with E-state index in [0.29, 0.717) is 23.7 Å². The fourth-order valence-electron chi connectivity index (χ4n) is 2.08. The standard InChI is InChI=1S/C18H20O2S/c1-3-20-18-11-7-6-10-16(18)17(19)13-21-12-15-9-5-4-8-14(15)2/h4-11H,3,12-13H2,1-2H3. The fourth-order valence-corrected chi connectivity index (χ4v) is 3.07. The summed E-state index contributed by atoms with van der Waals surface area (Å²) in [6.07, 6.45) is 0. The van der Waals surface area contributed by atoms with Gasteiger partial charge in [0.25, 0.3) is 0 Å². The average Bonchev–Trinajstić information content (AvgIpc) is 2.50. The number of thioether (sulfide) groups is 1. The first-order chi connectivity index (χ1) is 10.2. The average molecular weight is 300 g/mol. The molecule has 0 heterocycles. The summed E-state index contributed by atoms with van der Waals surface area (Å²) in [4.78, 5) is 12.3.